The van der Waals surface area contributed by atoms with Crippen LogP contribution < -0.4 is 0 Å². The lowest BCUT2D eigenvalue weighted by atomic mass is 10.0. The van der Waals surface area contributed by atoms with Gasteiger partial charge in [-0.05, 0) is 24.5 Å². The van der Waals surface area contributed by atoms with E-state index in [1.807, 2.05) is 18.2 Å². The Balaban J connectivity index is 0.000000524. The first kappa shape index (κ1) is 16.0. The second-order valence-corrected chi connectivity index (χ2v) is 5.11. The molecule has 0 atom stereocenters. The molecule has 0 saturated carbocycles. The molecule has 0 amide bonds. The van der Waals surface area contributed by atoms with E-state index in [1.165, 1.54) is 44.9 Å². The molecule has 0 unspecified atom stereocenters. The van der Waals surface area contributed by atoms with Gasteiger partial charge < -0.3 is 9.84 Å². The Kier molecular flexibility index (Phi) is 9.17. The summed E-state index contributed by atoms with van der Waals surface area (Å²) >= 11 is 0. The molecule has 1 saturated heterocycles. The SMILES string of the molecule is C1CO1.CCCCCCCCCc1ccccc1O. The van der Waals surface area contributed by atoms with Gasteiger partial charge in [-0.3, -0.25) is 0 Å². The number of rotatable bonds is 8. The zero-order valence-corrected chi connectivity index (χ0v) is 12.2. The molecule has 1 fully saturated rings. The van der Waals surface area contributed by atoms with Crippen LogP contribution >= 0.6 is 0 Å². The molecule has 2 heteroatoms. The Morgan fingerprint density at radius 3 is 2.11 bits per heavy atom. The number of para-hydroxylation sites is 1. The summed E-state index contributed by atoms with van der Waals surface area (Å²) in [5.74, 6) is 0.452. The standard InChI is InChI=1S/C15H24O.C2H4O/c1-2-3-4-5-6-7-8-11-14-12-9-10-13-15(14)16;1-2-3-1/h9-10,12-13,16H,2-8,11H2,1H3;1-2H2. The van der Waals surface area contributed by atoms with Gasteiger partial charge in [0.15, 0.2) is 0 Å². The van der Waals surface area contributed by atoms with Gasteiger partial charge in [-0.15, -0.1) is 0 Å². The molecule has 1 heterocycles. The number of ether oxygens (including phenoxy) is 1. The number of hydrogen-bond acceptors (Lipinski definition) is 2. The first-order chi connectivity index (χ1) is 9.34. The molecule has 1 aromatic rings. The number of unbranched alkanes of at least 4 members (excludes halogenated alkanes) is 6. The summed E-state index contributed by atoms with van der Waals surface area (Å²) in [7, 11) is 0. The Bertz CT molecular complexity index is 318. The number of phenols is 1. The molecule has 2 rings (SSSR count). The Labute approximate surface area is 117 Å². The molecule has 0 aromatic heterocycles. The predicted molar refractivity (Wildman–Crippen MR) is 80.6 cm³/mol. The van der Waals surface area contributed by atoms with Gasteiger partial charge in [0.05, 0.1) is 13.2 Å². The van der Waals surface area contributed by atoms with E-state index in [4.69, 9.17) is 0 Å². The molecule has 1 aliphatic rings. The van der Waals surface area contributed by atoms with E-state index in [0.29, 0.717) is 5.75 Å². The molecule has 19 heavy (non-hydrogen) atoms. The lowest BCUT2D eigenvalue weighted by molar-refractivity contribution is 0.466. The average Bonchev–Trinajstić information content (AvgIpc) is 3.28. The Morgan fingerprint density at radius 1 is 0.947 bits per heavy atom. The largest absolute Gasteiger partial charge is 0.508 e. The van der Waals surface area contributed by atoms with E-state index in [1.54, 1.807) is 6.07 Å². The molecule has 1 aliphatic heterocycles. The molecule has 108 valence electrons. The van der Waals surface area contributed by atoms with Crippen molar-refractivity contribution >= 4 is 0 Å². The predicted octanol–water partition coefficient (Wildman–Crippen LogP) is 4.70. The smallest absolute Gasteiger partial charge is 0.118 e. The van der Waals surface area contributed by atoms with E-state index in [0.717, 1.165) is 25.2 Å². The fourth-order valence-corrected chi connectivity index (χ4v) is 1.99. The van der Waals surface area contributed by atoms with Crippen LogP contribution in [0.1, 0.15) is 57.4 Å². The third-order valence-electron chi connectivity index (χ3n) is 3.25. The molecule has 0 bridgehead atoms. The van der Waals surface area contributed by atoms with Crippen LogP contribution in [0.15, 0.2) is 24.3 Å². The molecular weight excluding hydrogens is 236 g/mol. The van der Waals surface area contributed by atoms with Gasteiger partial charge in [0.25, 0.3) is 0 Å². The number of benzene rings is 1. The van der Waals surface area contributed by atoms with Gasteiger partial charge in [0.2, 0.25) is 0 Å². The molecule has 1 N–H and O–H groups in total. The van der Waals surface area contributed by atoms with Gasteiger partial charge in [0, 0.05) is 0 Å². The van der Waals surface area contributed by atoms with Crippen LogP contribution in [0.3, 0.4) is 0 Å². The van der Waals surface area contributed by atoms with Gasteiger partial charge >= 0.3 is 0 Å². The third kappa shape index (κ3) is 9.54. The fourth-order valence-electron chi connectivity index (χ4n) is 1.99. The number of aryl methyl sites for hydroxylation is 1. The molecule has 0 radical (unpaired) electrons. The van der Waals surface area contributed by atoms with E-state index in [-0.39, 0.29) is 0 Å². The summed E-state index contributed by atoms with van der Waals surface area (Å²) in [6, 6.07) is 7.67. The number of phenolic OH excluding ortho intramolecular Hbond substituents is 1. The Hall–Kier alpha value is -1.02. The third-order valence-corrected chi connectivity index (χ3v) is 3.25. The highest BCUT2D eigenvalue weighted by atomic mass is 16.6. The summed E-state index contributed by atoms with van der Waals surface area (Å²) in [5, 5.41) is 9.58. The number of epoxide rings is 1. The minimum atomic E-state index is 0.452. The minimum absolute atomic E-state index is 0.452. The van der Waals surface area contributed by atoms with Crippen LogP contribution in [0.5, 0.6) is 5.75 Å². The number of hydrogen-bond donors (Lipinski definition) is 1. The molecule has 0 spiro atoms. The van der Waals surface area contributed by atoms with Crippen molar-refractivity contribution in [1.29, 1.82) is 0 Å². The summed E-state index contributed by atoms with van der Waals surface area (Å²) in [6.45, 7) is 4.25. The van der Waals surface area contributed by atoms with Crippen molar-refractivity contribution in [3.8, 4) is 5.75 Å². The Morgan fingerprint density at radius 2 is 1.53 bits per heavy atom. The van der Waals surface area contributed by atoms with Gasteiger partial charge in [0.1, 0.15) is 5.75 Å². The van der Waals surface area contributed by atoms with Crippen molar-refractivity contribution in [2.75, 3.05) is 13.2 Å². The molecule has 0 aliphatic carbocycles. The van der Waals surface area contributed by atoms with Crippen molar-refractivity contribution < 1.29 is 9.84 Å². The summed E-state index contributed by atoms with van der Waals surface area (Å²) < 4.78 is 4.50. The maximum absolute atomic E-state index is 9.58. The monoisotopic (exact) mass is 264 g/mol. The van der Waals surface area contributed by atoms with Gasteiger partial charge in [-0.25, -0.2) is 0 Å². The van der Waals surface area contributed by atoms with E-state index >= 15 is 0 Å². The van der Waals surface area contributed by atoms with Crippen molar-refractivity contribution in [3.05, 3.63) is 29.8 Å². The van der Waals surface area contributed by atoms with Crippen molar-refractivity contribution in [2.45, 2.75) is 58.3 Å². The second-order valence-electron chi connectivity index (χ2n) is 5.11. The maximum Gasteiger partial charge on any atom is 0.118 e. The first-order valence-corrected chi connectivity index (χ1v) is 7.69. The van der Waals surface area contributed by atoms with Crippen molar-refractivity contribution in [2.24, 2.45) is 0 Å². The second kappa shape index (κ2) is 10.9. The highest BCUT2D eigenvalue weighted by Gasteiger charge is 1.98. The minimum Gasteiger partial charge on any atom is -0.508 e. The van der Waals surface area contributed by atoms with E-state index in [2.05, 4.69) is 11.7 Å². The van der Waals surface area contributed by atoms with Crippen LogP contribution in [0, 0.1) is 0 Å². The highest BCUT2D eigenvalue weighted by Crippen LogP contribution is 2.18. The van der Waals surface area contributed by atoms with Crippen LogP contribution in [0.2, 0.25) is 0 Å². The molecular formula is C17H28O2. The summed E-state index contributed by atoms with van der Waals surface area (Å²) in [6.07, 6.45) is 10.3. The van der Waals surface area contributed by atoms with Gasteiger partial charge in [-0.2, -0.15) is 0 Å². The summed E-state index contributed by atoms with van der Waals surface area (Å²) in [4.78, 5) is 0. The lowest BCUT2D eigenvalue weighted by Crippen LogP contribution is -1.87. The van der Waals surface area contributed by atoms with Crippen LogP contribution in [0.25, 0.3) is 0 Å². The molecule has 1 aromatic carbocycles. The maximum atomic E-state index is 9.58. The highest BCUT2D eigenvalue weighted by molar-refractivity contribution is 5.31. The zero-order chi connectivity index (χ0) is 13.8. The van der Waals surface area contributed by atoms with Crippen LogP contribution in [0.4, 0.5) is 0 Å². The average molecular weight is 264 g/mol. The normalized spacial score (nSPS) is 12.7. The van der Waals surface area contributed by atoms with Crippen LogP contribution in [-0.4, -0.2) is 18.3 Å². The first-order valence-electron chi connectivity index (χ1n) is 7.69. The quantitative estimate of drug-likeness (QED) is 0.545. The van der Waals surface area contributed by atoms with Crippen molar-refractivity contribution in [1.82, 2.24) is 0 Å². The summed E-state index contributed by atoms with van der Waals surface area (Å²) in [5.41, 5.74) is 1.09. The van der Waals surface area contributed by atoms with E-state index in [9.17, 15) is 5.11 Å². The van der Waals surface area contributed by atoms with Crippen molar-refractivity contribution in [3.63, 3.8) is 0 Å². The molecule has 2 nitrogen and oxygen atoms in total. The topological polar surface area (TPSA) is 32.8 Å². The van der Waals surface area contributed by atoms with E-state index < -0.39 is 0 Å². The lowest BCUT2D eigenvalue weighted by Gasteiger charge is -2.04. The van der Waals surface area contributed by atoms with Crippen LogP contribution in [-0.2, 0) is 11.2 Å². The fraction of sp³-hybridized carbons (Fsp3) is 0.647. The number of aromatic hydroxyl groups is 1. The zero-order valence-electron chi connectivity index (χ0n) is 12.2. The van der Waals surface area contributed by atoms with Gasteiger partial charge in [-0.1, -0.05) is 63.6 Å².